The van der Waals surface area contributed by atoms with Gasteiger partial charge in [0.15, 0.2) is 11.9 Å². The molecular formula is C6H10N4O6. The van der Waals surface area contributed by atoms with Crippen molar-refractivity contribution in [1.82, 2.24) is 20.6 Å². The maximum Gasteiger partial charge on any atom is 0.335 e. The summed E-state index contributed by atoms with van der Waals surface area (Å²) in [7, 11) is 0. The molecule has 4 unspecified atom stereocenters. The van der Waals surface area contributed by atoms with Crippen molar-refractivity contribution in [2.75, 3.05) is 0 Å². The van der Waals surface area contributed by atoms with Gasteiger partial charge in [0.1, 0.15) is 18.3 Å². The molecule has 0 aliphatic heterocycles. The third-order valence-corrected chi connectivity index (χ3v) is 1.89. The van der Waals surface area contributed by atoms with E-state index in [1.807, 2.05) is 0 Å². The minimum absolute atomic E-state index is 0.260. The molecule has 1 rings (SSSR count). The highest BCUT2D eigenvalue weighted by atomic mass is 16.4. The van der Waals surface area contributed by atoms with Crippen molar-refractivity contribution in [1.29, 1.82) is 0 Å². The zero-order valence-electron chi connectivity index (χ0n) is 7.80. The number of aromatic amines is 1. The smallest absolute Gasteiger partial charge is 0.335 e. The minimum atomic E-state index is -2.22. The number of hydrogen-bond donors (Lipinski definition) is 6. The van der Waals surface area contributed by atoms with Crippen LogP contribution in [0.2, 0.25) is 0 Å². The Morgan fingerprint density at radius 2 is 1.81 bits per heavy atom. The van der Waals surface area contributed by atoms with Crippen LogP contribution in [-0.4, -0.2) is 70.4 Å². The van der Waals surface area contributed by atoms with Crippen LogP contribution in [0, 0.1) is 0 Å². The van der Waals surface area contributed by atoms with Gasteiger partial charge >= 0.3 is 5.97 Å². The van der Waals surface area contributed by atoms with E-state index in [9.17, 15) is 20.1 Å². The number of carboxylic acids is 1. The van der Waals surface area contributed by atoms with E-state index < -0.39 is 30.4 Å². The van der Waals surface area contributed by atoms with E-state index in [0.29, 0.717) is 0 Å². The Hall–Kier alpha value is -1.62. The number of aliphatic carboxylic acids is 1. The third kappa shape index (κ3) is 2.49. The standard InChI is InChI=1S/C6H10N4O6/c11-1(2(12)4(14)6(15)16)3(13)5-7-9-10-8-5/h1-4,11-14H,(H,15,16)(H,7,8,9,10). The summed E-state index contributed by atoms with van der Waals surface area (Å²) < 4.78 is 0. The highest BCUT2D eigenvalue weighted by Crippen LogP contribution is 2.16. The third-order valence-electron chi connectivity index (χ3n) is 1.89. The number of tetrazole rings is 1. The highest BCUT2D eigenvalue weighted by Gasteiger charge is 2.36. The molecule has 4 atom stereocenters. The zero-order chi connectivity index (χ0) is 12.3. The molecule has 0 fully saturated rings. The van der Waals surface area contributed by atoms with Gasteiger partial charge in [-0.25, -0.2) is 9.89 Å². The molecule has 16 heavy (non-hydrogen) atoms. The molecule has 0 amide bonds. The molecule has 0 spiro atoms. The van der Waals surface area contributed by atoms with Crippen LogP contribution < -0.4 is 0 Å². The molecule has 0 aliphatic rings. The Morgan fingerprint density at radius 1 is 1.19 bits per heavy atom. The summed E-state index contributed by atoms with van der Waals surface area (Å²) in [5, 5.41) is 56.8. The lowest BCUT2D eigenvalue weighted by Crippen LogP contribution is -2.45. The van der Waals surface area contributed by atoms with E-state index in [-0.39, 0.29) is 5.82 Å². The largest absolute Gasteiger partial charge is 0.479 e. The normalized spacial score (nSPS) is 18.8. The van der Waals surface area contributed by atoms with Gasteiger partial charge in [0, 0.05) is 0 Å². The molecule has 0 saturated heterocycles. The molecule has 0 aliphatic carbocycles. The summed E-state index contributed by atoms with van der Waals surface area (Å²) in [6, 6.07) is 0. The fraction of sp³-hybridized carbons (Fsp3) is 0.667. The second-order valence-electron chi connectivity index (χ2n) is 3.00. The number of carboxylic acid groups (broad SMARTS) is 1. The van der Waals surface area contributed by atoms with Crippen molar-refractivity contribution in [3.8, 4) is 0 Å². The topological polar surface area (TPSA) is 173 Å². The van der Waals surface area contributed by atoms with E-state index in [1.54, 1.807) is 0 Å². The number of nitrogens with zero attached hydrogens (tertiary/aromatic N) is 3. The van der Waals surface area contributed by atoms with Crippen molar-refractivity contribution in [3.05, 3.63) is 5.82 Å². The second-order valence-corrected chi connectivity index (χ2v) is 3.00. The first kappa shape index (κ1) is 12.4. The molecule has 1 aromatic heterocycles. The van der Waals surface area contributed by atoms with Crippen molar-refractivity contribution >= 4 is 5.97 Å². The maximum absolute atomic E-state index is 10.3. The Kier molecular flexibility index (Phi) is 3.84. The average molecular weight is 234 g/mol. The summed E-state index contributed by atoms with van der Waals surface area (Å²) in [6.07, 6.45) is -7.97. The van der Waals surface area contributed by atoms with Crippen molar-refractivity contribution in [2.24, 2.45) is 0 Å². The predicted octanol–water partition coefficient (Wildman–Crippen LogP) is -3.60. The Bertz CT molecular complexity index is 343. The van der Waals surface area contributed by atoms with Crippen LogP contribution in [0.1, 0.15) is 11.9 Å². The second kappa shape index (κ2) is 4.94. The van der Waals surface area contributed by atoms with Crippen molar-refractivity contribution in [2.45, 2.75) is 24.4 Å². The number of aromatic nitrogens is 4. The quantitative estimate of drug-likeness (QED) is 0.301. The van der Waals surface area contributed by atoms with Crippen LogP contribution in [0.15, 0.2) is 0 Å². The van der Waals surface area contributed by atoms with E-state index in [2.05, 4.69) is 20.6 Å². The molecule has 1 aromatic rings. The van der Waals surface area contributed by atoms with Gasteiger partial charge in [-0.05, 0) is 10.4 Å². The van der Waals surface area contributed by atoms with E-state index in [1.165, 1.54) is 0 Å². The first-order valence-corrected chi connectivity index (χ1v) is 4.14. The summed E-state index contributed by atoms with van der Waals surface area (Å²) >= 11 is 0. The Labute approximate surface area is 88.2 Å². The fourth-order valence-electron chi connectivity index (χ4n) is 0.973. The van der Waals surface area contributed by atoms with Gasteiger partial charge in [0.05, 0.1) is 0 Å². The van der Waals surface area contributed by atoms with E-state index >= 15 is 0 Å². The molecular weight excluding hydrogens is 224 g/mol. The monoisotopic (exact) mass is 234 g/mol. The molecule has 90 valence electrons. The number of carbonyl (C=O) groups is 1. The Balaban J connectivity index is 2.70. The number of H-pyrrole nitrogens is 1. The fourth-order valence-corrected chi connectivity index (χ4v) is 0.973. The lowest BCUT2D eigenvalue weighted by Gasteiger charge is -2.22. The summed E-state index contributed by atoms with van der Waals surface area (Å²) in [4.78, 5) is 10.3. The van der Waals surface area contributed by atoms with E-state index in [0.717, 1.165) is 0 Å². The van der Waals surface area contributed by atoms with E-state index in [4.69, 9.17) is 10.2 Å². The van der Waals surface area contributed by atoms with Crippen LogP contribution in [0.4, 0.5) is 0 Å². The van der Waals surface area contributed by atoms with Crippen LogP contribution >= 0.6 is 0 Å². The van der Waals surface area contributed by atoms with Crippen molar-refractivity contribution in [3.63, 3.8) is 0 Å². The van der Waals surface area contributed by atoms with Gasteiger partial charge in [0.2, 0.25) is 0 Å². The number of rotatable bonds is 5. The van der Waals surface area contributed by atoms with Gasteiger partial charge in [-0.3, -0.25) is 0 Å². The van der Waals surface area contributed by atoms with Gasteiger partial charge in [-0.2, -0.15) is 0 Å². The van der Waals surface area contributed by atoms with Gasteiger partial charge in [-0.15, -0.1) is 5.10 Å². The number of nitrogens with one attached hydrogen (secondary N) is 1. The molecule has 6 N–H and O–H groups in total. The summed E-state index contributed by atoms with van der Waals surface area (Å²) in [5.74, 6) is -1.99. The number of aliphatic hydroxyl groups excluding tert-OH is 4. The summed E-state index contributed by atoms with van der Waals surface area (Å²) in [6.45, 7) is 0. The maximum atomic E-state index is 10.3. The SMILES string of the molecule is O=C(O)C(O)C(O)C(O)C(O)c1nnn[nH]1. The molecule has 0 aromatic carbocycles. The molecule has 0 radical (unpaired) electrons. The van der Waals surface area contributed by atoms with Gasteiger partial charge in [-0.1, -0.05) is 0 Å². The lowest BCUT2D eigenvalue weighted by molar-refractivity contribution is -0.163. The first-order valence-electron chi connectivity index (χ1n) is 4.14. The molecule has 0 saturated carbocycles. The number of aliphatic hydroxyl groups is 4. The molecule has 10 nitrogen and oxygen atoms in total. The van der Waals surface area contributed by atoms with Crippen LogP contribution in [0.5, 0.6) is 0 Å². The zero-order valence-corrected chi connectivity index (χ0v) is 7.80. The molecule has 1 heterocycles. The summed E-state index contributed by atoms with van der Waals surface area (Å²) in [5.41, 5.74) is 0. The average Bonchev–Trinajstić information content (AvgIpc) is 2.78. The minimum Gasteiger partial charge on any atom is -0.479 e. The van der Waals surface area contributed by atoms with Crippen LogP contribution in [0.25, 0.3) is 0 Å². The van der Waals surface area contributed by atoms with Gasteiger partial charge < -0.3 is 25.5 Å². The predicted molar refractivity (Wildman–Crippen MR) is 44.8 cm³/mol. The van der Waals surface area contributed by atoms with Crippen molar-refractivity contribution < 1.29 is 30.3 Å². The first-order chi connectivity index (χ1) is 7.45. The number of hydrogen-bond acceptors (Lipinski definition) is 8. The molecule has 0 bridgehead atoms. The van der Waals surface area contributed by atoms with Crippen LogP contribution in [-0.2, 0) is 4.79 Å². The highest BCUT2D eigenvalue weighted by molar-refractivity contribution is 5.72. The Morgan fingerprint density at radius 3 is 2.25 bits per heavy atom. The van der Waals surface area contributed by atoms with Crippen LogP contribution in [0.3, 0.4) is 0 Å². The van der Waals surface area contributed by atoms with Gasteiger partial charge in [0.25, 0.3) is 0 Å². The molecule has 10 heteroatoms. The lowest BCUT2D eigenvalue weighted by atomic mass is 10.0.